The Morgan fingerprint density at radius 1 is 1.47 bits per heavy atom. The van der Waals surface area contributed by atoms with Crippen LogP contribution in [0, 0.1) is 5.82 Å². The maximum absolute atomic E-state index is 13.5. The zero-order valence-electron chi connectivity index (χ0n) is 11.6. The maximum Gasteiger partial charge on any atom is 0.124 e. The lowest BCUT2D eigenvalue weighted by Gasteiger charge is -2.24. The molecule has 0 aliphatic carbocycles. The van der Waals surface area contributed by atoms with Gasteiger partial charge >= 0.3 is 0 Å². The van der Waals surface area contributed by atoms with Gasteiger partial charge < -0.3 is 5.73 Å². The highest BCUT2D eigenvalue weighted by Crippen LogP contribution is 2.14. The van der Waals surface area contributed by atoms with Crippen LogP contribution in [0.1, 0.15) is 24.5 Å². The molecule has 0 fully saturated rings. The Labute approximate surface area is 124 Å². The quantitative estimate of drug-likeness (QED) is 0.784. The minimum atomic E-state index is -0.287. The van der Waals surface area contributed by atoms with Gasteiger partial charge in [-0.25, -0.2) is 4.39 Å². The third kappa shape index (κ3) is 5.47. The van der Waals surface area contributed by atoms with E-state index >= 15 is 0 Å². The smallest absolute Gasteiger partial charge is 0.124 e. The molecule has 1 rings (SSSR count). The van der Waals surface area contributed by atoms with Crippen LogP contribution < -0.4 is 5.73 Å². The van der Waals surface area contributed by atoms with Crippen molar-refractivity contribution in [3.8, 4) is 0 Å². The van der Waals surface area contributed by atoms with Crippen molar-refractivity contribution in [3.05, 3.63) is 35.1 Å². The van der Waals surface area contributed by atoms with Crippen molar-refractivity contribution in [2.75, 3.05) is 19.1 Å². The van der Waals surface area contributed by atoms with E-state index in [-0.39, 0.29) is 10.8 Å². The van der Waals surface area contributed by atoms with E-state index in [1.165, 1.54) is 6.07 Å². The number of nitrogens with zero attached hydrogens (tertiary/aromatic N) is 1. The molecule has 0 spiro atoms. The molecule has 2 N–H and O–H groups in total. The molecule has 1 aromatic carbocycles. The van der Waals surface area contributed by atoms with E-state index in [0.717, 1.165) is 17.7 Å². The van der Waals surface area contributed by atoms with Crippen molar-refractivity contribution < 1.29 is 4.39 Å². The van der Waals surface area contributed by atoms with E-state index < -0.39 is 0 Å². The van der Waals surface area contributed by atoms with Gasteiger partial charge in [0.15, 0.2) is 0 Å². The number of hydrogen-bond donors (Lipinski definition) is 1. The molecule has 0 aliphatic heterocycles. The Balaban J connectivity index is 2.73. The Morgan fingerprint density at radius 3 is 2.74 bits per heavy atom. The summed E-state index contributed by atoms with van der Waals surface area (Å²) >= 11 is 6.74. The number of thioether (sulfide) groups is 1. The summed E-state index contributed by atoms with van der Waals surface area (Å²) in [6.07, 6.45) is 3.23. The average molecular weight is 300 g/mol. The first kappa shape index (κ1) is 16.4. The van der Waals surface area contributed by atoms with Gasteiger partial charge in [0.1, 0.15) is 10.8 Å². The number of hydrogen-bond acceptors (Lipinski definition) is 3. The van der Waals surface area contributed by atoms with Gasteiger partial charge in [-0.3, -0.25) is 4.90 Å². The molecule has 5 heteroatoms. The molecule has 1 aromatic rings. The highest BCUT2D eigenvalue weighted by atomic mass is 32.2. The summed E-state index contributed by atoms with van der Waals surface area (Å²) in [5.74, 6) is 0.845. The monoisotopic (exact) mass is 300 g/mol. The van der Waals surface area contributed by atoms with Gasteiger partial charge in [-0.05, 0) is 56.2 Å². The molecule has 0 heterocycles. The van der Waals surface area contributed by atoms with Gasteiger partial charge in [0.25, 0.3) is 0 Å². The van der Waals surface area contributed by atoms with Crippen molar-refractivity contribution in [3.63, 3.8) is 0 Å². The molecule has 0 radical (unpaired) electrons. The maximum atomic E-state index is 13.5. The molecule has 0 amide bonds. The lowest BCUT2D eigenvalue weighted by Crippen LogP contribution is -2.29. The van der Waals surface area contributed by atoms with Gasteiger partial charge in [-0.1, -0.05) is 12.2 Å². The van der Waals surface area contributed by atoms with Crippen molar-refractivity contribution in [2.24, 2.45) is 5.73 Å². The number of benzene rings is 1. The lowest BCUT2D eigenvalue weighted by molar-refractivity contribution is 0.245. The topological polar surface area (TPSA) is 29.3 Å². The Hall–Kier alpha value is -0.650. The molecular weight excluding hydrogens is 279 g/mol. The summed E-state index contributed by atoms with van der Waals surface area (Å²) in [5, 5.41) is 0. The summed E-state index contributed by atoms with van der Waals surface area (Å²) in [4.78, 5) is 2.45. The zero-order chi connectivity index (χ0) is 14.4. The van der Waals surface area contributed by atoms with Crippen LogP contribution in [0.25, 0.3) is 0 Å². The highest BCUT2D eigenvalue weighted by molar-refractivity contribution is 7.98. The predicted octanol–water partition coefficient (Wildman–Crippen LogP) is 3.03. The first-order valence-electron chi connectivity index (χ1n) is 6.22. The second-order valence-corrected chi connectivity index (χ2v) is 6.18. The van der Waals surface area contributed by atoms with Crippen LogP contribution >= 0.6 is 24.0 Å². The predicted molar refractivity (Wildman–Crippen MR) is 86.2 cm³/mol. The fourth-order valence-electron chi connectivity index (χ4n) is 1.84. The third-order valence-electron chi connectivity index (χ3n) is 3.17. The summed E-state index contributed by atoms with van der Waals surface area (Å²) in [6, 6.07) is 5.25. The summed E-state index contributed by atoms with van der Waals surface area (Å²) < 4.78 is 13.5. The van der Waals surface area contributed by atoms with Gasteiger partial charge in [0, 0.05) is 18.2 Å². The summed E-state index contributed by atoms with van der Waals surface area (Å²) in [5.41, 5.74) is 7.05. The van der Waals surface area contributed by atoms with Crippen molar-refractivity contribution >= 4 is 29.0 Å². The van der Waals surface area contributed by atoms with E-state index in [0.29, 0.717) is 18.2 Å². The van der Waals surface area contributed by atoms with E-state index in [1.54, 1.807) is 6.07 Å². The molecule has 0 aliphatic rings. The van der Waals surface area contributed by atoms with Gasteiger partial charge in [-0.2, -0.15) is 11.8 Å². The number of thiocarbonyl (C=S) groups is 1. The van der Waals surface area contributed by atoms with Gasteiger partial charge in [0.2, 0.25) is 0 Å². The van der Waals surface area contributed by atoms with Gasteiger partial charge in [-0.15, -0.1) is 0 Å². The zero-order valence-corrected chi connectivity index (χ0v) is 13.3. The Bertz CT molecular complexity index is 437. The summed E-state index contributed by atoms with van der Waals surface area (Å²) in [6.45, 7) is 2.88. The third-order valence-corrected chi connectivity index (χ3v) is 4.05. The SMILES string of the molecule is CSCCC(C)N(C)Cc1cc(F)cc(C(N)=S)c1. The number of rotatable bonds is 7. The van der Waals surface area contributed by atoms with Crippen LogP contribution in [-0.4, -0.2) is 35.0 Å². The molecule has 0 saturated carbocycles. The lowest BCUT2D eigenvalue weighted by atomic mass is 10.1. The Kier molecular flexibility index (Phi) is 6.75. The van der Waals surface area contributed by atoms with E-state index in [4.69, 9.17) is 18.0 Å². The molecule has 106 valence electrons. The van der Waals surface area contributed by atoms with Crippen molar-refractivity contribution in [1.82, 2.24) is 4.90 Å². The van der Waals surface area contributed by atoms with Crippen LogP contribution in [0.15, 0.2) is 18.2 Å². The second kappa shape index (κ2) is 7.82. The van der Waals surface area contributed by atoms with E-state index in [2.05, 4.69) is 25.1 Å². The molecule has 2 nitrogen and oxygen atoms in total. The fraction of sp³-hybridized carbons (Fsp3) is 0.500. The van der Waals surface area contributed by atoms with Crippen molar-refractivity contribution in [2.45, 2.75) is 25.9 Å². The average Bonchev–Trinajstić information content (AvgIpc) is 2.34. The molecular formula is C14H21FN2S2. The first-order valence-corrected chi connectivity index (χ1v) is 8.02. The molecule has 0 saturated heterocycles. The molecule has 1 atom stereocenters. The molecule has 1 unspecified atom stereocenters. The normalized spacial score (nSPS) is 12.7. The Morgan fingerprint density at radius 2 is 2.16 bits per heavy atom. The number of nitrogens with two attached hydrogens (primary N) is 1. The molecule has 0 aromatic heterocycles. The largest absolute Gasteiger partial charge is 0.389 e. The van der Waals surface area contributed by atoms with Crippen LogP contribution in [0.5, 0.6) is 0 Å². The van der Waals surface area contributed by atoms with Crippen molar-refractivity contribution in [1.29, 1.82) is 0 Å². The fourth-order valence-corrected chi connectivity index (χ4v) is 2.53. The number of halogens is 1. The van der Waals surface area contributed by atoms with Crippen LogP contribution in [0.3, 0.4) is 0 Å². The van der Waals surface area contributed by atoms with Crippen LogP contribution in [0.2, 0.25) is 0 Å². The second-order valence-electron chi connectivity index (χ2n) is 4.76. The van der Waals surface area contributed by atoms with Crippen LogP contribution in [0.4, 0.5) is 4.39 Å². The van der Waals surface area contributed by atoms with E-state index in [1.807, 2.05) is 17.8 Å². The van der Waals surface area contributed by atoms with E-state index in [9.17, 15) is 4.39 Å². The summed E-state index contributed by atoms with van der Waals surface area (Å²) in [7, 11) is 2.05. The minimum Gasteiger partial charge on any atom is -0.389 e. The standard InChI is InChI=1S/C14H21FN2S2/c1-10(4-5-19-3)17(2)9-11-6-12(14(16)18)8-13(15)7-11/h6-8,10H,4-5,9H2,1-3H3,(H2,16,18). The molecule has 0 bridgehead atoms. The van der Waals surface area contributed by atoms with Gasteiger partial charge in [0.05, 0.1) is 0 Å². The molecule has 19 heavy (non-hydrogen) atoms. The highest BCUT2D eigenvalue weighted by Gasteiger charge is 2.11. The van der Waals surface area contributed by atoms with Crippen LogP contribution in [-0.2, 0) is 6.54 Å². The first-order chi connectivity index (χ1) is 8.93. The minimum absolute atomic E-state index is 0.235.